The van der Waals surface area contributed by atoms with Gasteiger partial charge in [0, 0.05) is 36.1 Å². The molecule has 0 bridgehead atoms. The van der Waals surface area contributed by atoms with Crippen LogP contribution in [0.1, 0.15) is 17.0 Å². The van der Waals surface area contributed by atoms with Gasteiger partial charge in [-0.05, 0) is 30.2 Å². The Bertz CT molecular complexity index is 1060. The number of aryl methyl sites for hydroxylation is 1. The quantitative estimate of drug-likeness (QED) is 0.532. The first kappa shape index (κ1) is 17.3. The highest BCUT2D eigenvalue weighted by atomic mass is 35.5. The molecule has 0 radical (unpaired) electrons. The summed E-state index contributed by atoms with van der Waals surface area (Å²) >= 11 is 6.01. The fourth-order valence-corrected chi connectivity index (χ4v) is 3.01. The van der Waals surface area contributed by atoms with E-state index in [1.807, 2.05) is 43.6 Å². The van der Waals surface area contributed by atoms with Crippen LogP contribution < -0.4 is 5.32 Å². The van der Waals surface area contributed by atoms with Crippen LogP contribution in [0.4, 0.5) is 6.01 Å². The molecule has 136 valence electrons. The minimum Gasteiger partial charge on any atom is -0.334 e. The molecular weight excluding hydrogens is 362 g/mol. The van der Waals surface area contributed by atoms with Gasteiger partial charge >= 0.3 is 6.01 Å². The fourth-order valence-electron chi connectivity index (χ4n) is 2.82. The Balaban J connectivity index is 1.42. The van der Waals surface area contributed by atoms with Gasteiger partial charge in [0.15, 0.2) is 0 Å². The number of halogens is 1. The molecule has 1 N–H and O–H groups in total. The lowest BCUT2D eigenvalue weighted by Gasteiger charge is -2.08. The lowest BCUT2D eigenvalue weighted by Crippen LogP contribution is -2.03. The van der Waals surface area contributed by atoms with Gasteiger partial charge in [-0.3, -0.25) is 0 Å². The van der Waals surface area contributed by atoms with Gasteiger partial charge in [-0.15, -0.1) is 0 Å². The maximum absolute atomic E-state index is 6.01. The minimum absolute atomic E-state index is 0.376. The zero-order valence-corrected chi connectivity index (χ0v) is 15.5. The van der Waals surface area contributed by atoms with E-state index < -0.39 is 0 Å². The molecular formula is C20H18ClN5O. The van der Waals surface area contributed by atoms with E-state index >= 15 is 0 Å². The van der Waals surface area contributed by atoms with Crippen molar-refractivity contribution in [3.63, 3.8) is 0 Å². The fraction of sp³-hybridized carbons (Fsp3) is 0.150. The molecule has 6 nitrogen and oxygen atoms in total. The molecule has 4 rings (SSSR count). The van der Waals surface area contributed by atoms with Crippen LogP contribution in [-0.2, 0) is 13.1 Å². The SMILES string of the molecule is Cc1nccn1Cc1cccc(CNc2nc(-c3cccc(Cl)c3)no2)c1. The third-order valence-corrected chi connectivity index (χ3v) is 4.46. The van der Waals surface area contributed by atoms with Crippen LogP contribution in [0.5, 0.6) is 0 Å². The van der Waals surface area contributed by atoms with Crippen molar-refractivity contribution in [1.82, 2.24) is 19.7 Å². The third-order valence-electron chi connectivity index (χ3n) is 4.22. The highest BCUT2D eigenvalue weighted by Crippen LogP contribution is 2.21. The molecule has 0 aliphatic carbocycles. The van der Waals surface area contributed by atoms with Gasteiger partial charge in [0.25, 0.3) is 0 Å². The van der Waals surface area contributed by atoms with E-state index in [0.29, 0.717) is 23.4 Å². The summed E-state index contributed by atoms with van der Waals surface area (Å²) in [5.74, 6) is 1.50. The Morgan fingerprint density at radius 1 is 1.11 bits per heavy atom. The summed E-state index contributed by atoms with van der Waals surface area (Å²) in [5.41, 5.74) is 3.16. The van der Waals surface area contributed by atoms with E-state index in [1.54, 1.807) is 6.07 Å². The standard InChI is InChI=1S/C20H18ClN5O/c1-14-22-8-9-26(14)13-16-5-2-4-15(10-16)12-23-20-24-19(25-27-20)17-6-3-7-18(21)11-17/h2-11H,12-13H2,1H3,(H,23,24,25). The van der Waals surface area contributed by atoms with Crippen molar-refractivity contribution >= 4 is 17.6 Å². The molecule has 2 heterocycles. The van der Waals surface area contributed by atoms with Crippen molar-refractivity contribution in [2.45, 2.75) is 20.0 Å². The maximum atomic E-state index is 6.01. The van der Waals surface area contributed by atoms with Gasteiger partial charge in [0.1, 0.15) is 5.82 Å². The van der Waals surface area contributed by atoms with Gasteiger partial charge in [0.05, 0.1) is 0 Å². The predicted molar refractivity (Wildman–Crippen MR) is 105 cm³/mol. The van der Waals surface area contributed by atoms with Crippen LogP contribution in [0.25, 0.3) is 11.4 Å². The number of imidazole rings is 1. The Morgan fingerprint density at radius 3 is 2.78 bits per heavy atom. The molecule has 0 aliphatic heterocycles. The molecule has 0 atom stereocenters. The Kier molecular flexibility index (Phi) is 4.89. The number of hydrogen-bond donors (Lipinski definition) is 1. The molecule has 2 aromatic carbocycles. The van der Waals surface area contributed by atoms with E-state index in [2.05, 4.69) is 43.2 Å². The third kappa shape index (κ3) is 4.17. The van der Waals surface area contributed by atoms with Crippen LogP contribution in [0.3, 0.4) is 0 Å². The first-order chi connectivity index (χ1) is 13.2. The lowest BCUT2D eigenvalue weighted by molar-refractivity contribution is 0.432. The second-order valence-corrected chi connectivity index (χ2v) is 6.65. The normalized spacial score (nSPS) is 10.9. The van der Waals surface area contributed by atoms with Gasteiger partial charge in [-0.2, -0.15) is 4.98 Å². The van der Waals surface area contributed by atoms with E-state index in [1.165, 1.54) is 5.56 Å². The maximum Gasteiger partial charge on any atom is 0.322 e. The molecule has 0 aliphatic rings. The van der Waals surface area contributed by atoms with Crippen LogP contribution in [0, 0.1) is 6.92 Å². The number of hydrogen-bond acceptors (Lipinski definition) is 5. The molecule has 27 heavy (non-hydrogen) atoms. The first-order valence-corrected chi connectivity index (χ1v) is 8.94. The molecule has 2 aromatic heterocycles. The summed E-state index contributed by atoms with van der Waals surface area (Å²) in [7, 11) is 0. The van der Waals surface area contributed by atoms with Gasteiger partial charge in [0.2, 0.25) is 5.82 Å². The average molecular weight is 380 g/mol. The number of aromatic nitrogens is 4. The van der Waals surface area contributed by atoms with Gasteiger partial charge < -0.3 is 14.4 Å². The number of nitrogens with zero attached hydrogens (tertiary/aromatic N) is 4. The second kappa shape index (κ2) is 7.63. The number of rotatable bonds is 6. The molecule has 0 amide bonds. The molecule has 4 aromatic rings. The van der Waals surface area contributed by atoms with Gasteiger partial charge in [-0.1, -0.05) is 53.2 Å². The summed E-state index contributed by atoms with van der Waals surface area (Å²) in [6.07, 6.45) is 3.80. The highest BCUT2D eigenvalue weighted by Gasteiger charge is 2.09. The average Bonchev–Trinajstić information content (AvgIpc) is 3.30. The zero-order valence-electron chi connectivity index (χ0n) is 14.8. The van der Waals surface area contributed by atoms with Gasteiger partial charge in [-0.25, -0.2) is 4.98 Å². The summed E-state index contributed by atoms with van der Waals surface area (Å²) < 4.78 is 7.40. The van der Waals surface area contributed by atoms with Crippen molar-refractivity contribution in [1.29, 1.82) is 0 Å². The second-order valence-electron chi connectivity index (χ2n) is 6.21. The van der Waals surface area contributed by atoms with Crippen LogP contribution in [0.15, 0.2) is 65.4 Å². The molecule has 0 unspecified atom stereocenters. The molecule has 0 fully saturated rings. The van der Waals surface area contributed by atoms with E-state index in [-0.39, 0.29) is 0 Å². The first-order valence-electron chi connectivity index (χ1n) is 8.56. The monoisotopic (exact) mass is 379 g/mol. The number of anilines is 1. The molecule has 0 spiro atoms. The predicted octanol–water partition coefficient (Wildman–Crippen LogP) is 4.56. The molecule has 0 saturated carbocycles. The largest absolute Gasteiger partial charge is 0.334 e. The molecule has 0 saturated heterocycles. The van der Waals surface area contributed by atoms with E-state index in [0.717, 1.165) is 23.5 Å². The number of benzene rings is 2. The zero-order chi connectivity index (χ0) is 18.6. The highest BCUT2D eigenvalue weighted by molar-refractivity contribution is 6.30. The van der Waals surface area contributed by atoms with Crippen LogP contribution >= 0.6 is 11.6 Å². The summed E-state index contributed by atoms with van der Waals surface area (Å²) in [4.78, 5) is 8.63. The van der Waals surface area contributed by atoms with E-state index in [4.69, 9.17) is 16.1 Å². The minimum atomic E-state index is 0.376. The van der Waals surface area contributed by atoms with Crippen LogP contribution in [-0.4, -0.2) is 19.7 Å². The molecule has 7 heteroatoms. The van der Waals surface area contributed by atoms with Crippen molar-refractivity contribution in [2.75, 3.05) is 5.32 Å². The van der Waals surface area contributed by atoms with Crippen molar-refractivity contribution in [3.8, 4) is 11.4 Å². The lowest BCUT2D eigenvalue weighted by atomic mass is 10.1. The Morgan fingerprint density at radius 2 is 1.96 bits per heavy atom. The van der Waals surface area contributed by atoms with Crippen molar-refractivity contribution < 1.29 is 4.52 Å². The van der Waals surface area contributed by atoms with Crippen molar-refractivity contribution in [3.05, 3.63) is 82.9 Å². The van der Waals surface area contributed by atoms with E-state index in [9.17, 15) is 0 Å². The Hall–Kier alpha value is -3.12. The topological polar surface area (TPSA) is 68.8 Å². The summed E-state index contributed by atoms with van der Waals surface area (Å²) in [5, 5.41) is 7.81. The summed E-state index contributed by atoms with van der Waals surface area (Å²) in [6.45, 7) is 3.38. The summed E-state index contributed by atoms with van der Waals surface area (Å²) in [6, 6.07) is 16.1. The number of nitrogens with one attached hydrogen (secondary N) is 1. The van der Waals surface area contributed by atoms with Crippen LogP contribution in [0.2, 0.25) is 5.02 Å². The van der Waals surface area contributed by atoms with Crippen molar-refractivity contribution in [2.24, 2.45) is 0 Å². The Labute approximate surface area is 161 Å². The smallest absolute Gasteiger partial charge is 0.322 e.